The molecule has 1 amide bonds. The third kappa shape index (κ3) is 3.26. The number of amides is 1. The molecule has 29 heavy (non-hydrogen) atoms. The minimum absolute atomic E-state index is 0.00870. The number of carbonyl (C=O) groups excluding carboxylic acids is 1. The van der Waals surface area contributed by atoms with E-state index in [1.54, 1.807) is 16.0 Å². The molecule has 0 spiro atoms. The molecule has 7 nitrogen and oxygen atoms in total. The lowest BCUT2D eigenvalue weighted by molar-refractivity contribution is 0.0794. The van der Waals surface area contributed by atoms with Crippen molar-refractivity contribution < 1.29 is 13.2 Å². The molecular formula is C20H22N4O3S2. The Hall–Kier alpha value is -2.26. The SMILES string of the molecule is Cc1nn([C@@H]2CCS(=O)(=O)C2)c2nc(-c3cccs3)cc(C(=O)N3CCCC3)c12. The predicted octanol–water partition coefficient (Wildman–Crippen LogP) is 3.06. The van der Waals surface area contributed by atoms with E-state index in [-0.39, 0.29) is 23.5 Å². The molecule has 1 atom stereocenters. The number of pyridine rings is 1. The van der Waals surface area contributed by atoms with Crippen LogP contribution in [-0.2, 0) is 9.84 Å². The lowest BCUT2D eigenvalue weighted by Gasteiger charge is -2.17. The molecule has 3 aromatic rings. The molecule has 2 saturated heterocycles. The quantitative estimate of drug-likeness (QED) is 0.638. The van der Waals surface area contributed by atoms with Gasteiger partial charge in [-0.1, -0.05) is 6.07 Å². The fourth-order valence-electron chi connectivity index (χ4n) is 4.35. The third-order valence-electron chi connectivity index (χ3n) is 5.79. The highest BCUT2D eigenvalue weighted by Gasteiger charge is 2.33. The minimum atomic E-state index is -3.06. The van der Waals surface area contributed by atoms with Crippen molar-refractivity contribution >= 4 is 38.1 Å². The molecule has 5 rings (SSSR count). The minimum Gasteiger partial charge on any atom is -0.339 e. The van der Waals surface area contributed by atoms with E-state index in [0.717, 1.165) is 47.6 Å². The van der Waals surface area contributed by atoms with Crippen LogP contribution in [0.3, 0.4) is 0 Å². The smallest absolute Gasteiger partial charge is 0.254 e. The topological polar surface area (TPSA) is 85.2 Å². The lowest BCUT2D eigenvalue weighted by Crippen LogP contribution is -2.28. The van der Waals surface area contributed by atoms with E-state index in [4.69, 9.17) is 4.98 Å². The van der Waals surface area contributed by atoms with Crippen molar-refractivity contribution in [1.29, 1.82) is 0 Å². The first-order valence-corrected chi connectivity index (χ1v) is 12.6. The average Bonchev–Trinajstić information content (AvgIpc) is 3.48. The fraction of sp³-hybridized carbons (Fsp3) is 0.450. The van der Waals surface area contributed by atoms with Gasteiger partial charge < -0.3 is 4.90 Å². The van der Waals surface area contributed by atoms with Crippen molar-refractivity contribution in [3.05, 3.63) is 34.8 Å². The van der Waals surface area contributed by atoms with Gasteiger partial charge in [0.15, 0.2) is 15.5 Å². The number of hydrogen-bond acceptors (Lipinski definition) is 6. The number of nitrogens with zero attached hydrogens (tertiary/aromatic N) is 4. The summed E-state index contributed by atoms with van der Waals surface area (Å²) < 4.78 is 25.8. The van der Waals surface area contributed by atoms with Crippen LogP contribution in [0.1, 0.15) is 41.4 Å². The van der Waals surface area contributed by atoms with Crippen molar-refractivity contribution in [2.75, 3.05) is 24.6 Å². The van der Waals surface area contributed by atoms with Crippen molar-refractivity contribution in [2.45, 2.75) is 32.2 Å². The Bertz CT molecular complexity index is 1190. The molecule has 2 fully saturated rings. The van der Waals surface area contributed by atoms with Crippen LogP contribution in [0.15, 0.2) is 23.6 Å². The van der Waals surface area contributed by atoms with E-state index in [0.29, 0.717) is 17.6 Å². The summed E-state index contributed by atoms with van der Waals surface area (Å²) >= 11 is 1.57. The monoisotopic (exact) mass is 430 g/mol. The molecule has 0 bridgehead atoms. The Morgan fingerprint density at radius 1 is 1.28 bits per heavy atom. The Kier molecular flexibility index (Phi) is 4.47. The standard InChI is InChI=1S/C20H22N4O3S2/c1-13-18-15(20(25)23-7-2-3-8-23)11-16(17-5-4-9-28-17)21-19(18)24(22-13)14-6-10-29(26,27)12-14/h4-5,9,11,14H,2-3,6-8,10,12H2,1H3/t14-/m1/s1. The number of aryl methyl sites for hydroxylation is 1. The van der Waals surface area contributed by atoms with E-state index >= 15 is 0 Å². The summed E-state index contributed by atoms with van der Waals surface area (Å²) in [7, 11) is -3.06. The van der Waals surface area contributed by atoms with E-state index in [1.165, 1.54) is 0 Å². The first-order chi connectivity index (χ1) is 13.9. The highest BCUT2D eigenvalue weighted by Crippen LogP contribution is 2.34. The van der Waals surface area contributed by atoms with Crippen LogP contribution >= 0.6 is 11.3 Å². The zero-order valence-electron chi connectivity index (χ0n) is 16.2. The molecule has 0 saturated carbocycles. The average molecular weight is 431 g/mol. The largest absolute Gasteiger partial charge is 0.339 e. The number of likely N-dealkylation sites (tertiary alicyclic amines) is 1. The second-order valence-corrected chi connectivity index (χ2v) is 11.0. The molecule has 0 aromatic carbocycles. The first-order valence-electron chi connectivity index (χ1n) is 9.86. The van der Waals surface area contributed by atoms with Crippen molar-refractivity contribution in [3.8, 4) is 10.6 Å². The Balaban J connectivity index is 1.71. The number of fused-ring (bicyclic) bond motifs is 1. The van der Waals surface area contributed by atoms with Crippen molar-refractivity contribution in [3.63, 3.8) is 0 Å². The molecule has 3 aromatic heterocycles. The number of aromatic nitrogens is 3. The highest BCUT2D eigenvalue weighted by atomic mass is 32.2. The van der Waals surface area contributed by atoms with Gasteiger partial charge in [0.2, 0.25) is 0 Å². The van der Waals surface area contributed by atoms with E-state index in [9.17, 15) is 13.2 Å². The predicted molar refractivity (Wildman–Crippen MR) is 113 cm³/mol. The molecule has 5 heterocycles. The summed E-state index contributed by atoms with van der Waals surface area (Å²) in [5.41, 5.74) is 2.68. The summed E-state index contributed by atoms with van der Waals surface area (Å²) in [6, 6.07) is 5.58. The van der Waals surface area contributed by atoms with Gasteiger partial charge in [0.1, 0.15) is 0 Å². The lowest BCUT2D eigenvalue weighted by atomic mass is 10.1. The maximum atomic E-state index is 13.3. The van der Waals surface area contributed by atoms with Gasteiger partial charge in [-0.2, -0.15) is 5.10 Å². The maximum absolute atomic E-state index is 13.3. The van der Waals surface area contributed by atoms with E-state index in [1.807, 2.05) is 35.4 Å². The Morgan fingerprint density at radius 2 is 2.07 bits per heavy atom. The molecule has 152 valence electrons. The molecule has 2 aliphatic rings. The third-order valence-corrected chi connectivity index (χ3v) is 8.43. The van der Waals surface area contributed by atoms with Gasteiger partial charge in [-0.3, -0.25) is 4.79 Å². The van der Waals surface area contributed by atoms with Gasteiger partial charge in [0, 0.05) is 13.1 Å². The molecule has 0 radical (unpaired) electrons. The van der Waals surface area contributed by atoms with Crippen LogP contribution in [0.25, 0.3) is 21.6 Å². The van der Waals surface area contributed by atoms with Crippen LogP contribution in [0.5, 0.6) is 0 Å². The second-order valence-electron chi connectivity index (χ2n) is 7.82. The van der Waals surface area contributed by atoms with Gasteiger partial charge in [0.05, 0.1) is 44.8 Å². The van der Waals surface area contributed by atoms with Gasteiger partial charge in [-0.25, -0.2) is 18.1 Å². The van der Waals surface area contributed by atoms with Gasteiger partial charge >= 0.3 is 0 Å². The van der Waals surface area contributed by atoms with Crippen LogP contribution < -0.4 is 0 Å². The van der Waals surface area contributed by atoms with Crippen molar-refractivity contribution in [1.82, 2.24) is 19.7 Å². The number of rotatable bonds is 3. The number of thiophene rings is 1. The summed E-state index contributed by atoms with van der Waals surface area (Å²) in [6.07, 6.45) is 2.57. The molecule has 9 heteroatoms. The van der Waals surface area contributed by atoms with E-state index < -0.39 is 9.84 Å². The summed E-state index contributed by atoms with van der Waals surface area (Å²) in [5, 5.41) is 7.38. The summed E-state index contributed by atoms with van der Waals surface area (Å²) in [5.74, 6) is 0.251. The van der Waals surface area contributed by atoms with Crippen LogP contribution in [0.4, 0.5) is 0 Å². The fourth-order valence-corrected chi connectivity index (χ4v) is 6.72. The van der Waals surface area contributed by atoms with Gasteiger partial charge in [-0.05, 0) is 43.7 Å². The molecule has 0 aliphatic carbocycles. The van der Waals surface area contributed by atoms with Gasteiger partial charge in [-0.15, -0.1) is 11.3 Å². The zero-order chi connectivity index (χ0) is 20.2. The Morgan fingerprint density at radius 3 is 2.72 bits per heavy atom. The zero-order valence-corrected chi connectivity index (χ0v) is 17.8. The normalized spacial score (nSPS) is 21.3. The number of hydrogen-bond donors (Lipinski definition) is 0. The van der Waals surface area contributed by atoms with Crippen LogP contribution in [-0.4, -0.2) is 58.6 Å². The van der Waals surface area contributed by atoms with E-state index in [2.05, 4.69) is 5.10 Å². The second kappa shape index (κ2) is 6.91. The summed E-state index contributed by atoms with van der Waals surface area (Å²) in [6.45, 7) is 3.41. The van der Waals surface area contributed by atoms with Crippen LogP contribution in [0.2, 0.25) is 0 Å². The van der Waals surface area contributed by atoms with Crippen LogP contribution in [0, 0.1) is 6.92 Å². The molecule has 2 aliphatic heterocycles. The molecule has 0 unspecified atom stereocenters. The number of carbonyl (C=O) groups is 1. The number of sulfone groups is 1. The highest BCUT2D eigenvalue weighted by molar-refractivity contribution is 7.91. The van der Waals surface area contributed by atoms with Gasteiger partial charge in [0.25, 0.3) is 5.91 Å². The Labute approximate surface area is 173 Å². The first kappa shape index (κ1) is 18.7. The maximum Gasteiger partial charge on any atom is 0.254 e. The molecular weight excluding hydrogens is 408 g/mol. The summed E-state index contributed by atoms with van der Waals surface area (Å²) in [4.78, 5) is 21.1. The molecule has 0 N–H and O–H groups in total. The van der Waals surface area contributed by atoms with Crippen molar-refractivity contribution in [2.24, 2.45) is 0 Å².